The van der Waals surface area contributed by atoms with Crippen LogP contribution in [0.2, 0.25) is 0 Å². The quantitative estimate of drug-likeness (QED) is 0.872. The first kappa shape index (κ1) is 13.7. The van der Waals surface area contributed by atoms with Gasteiger partial charge in [0.15, 0.2) is 0 Å². The number of nitrogens with one attached hydrogen (secondary N) is 1. The van der Waals surface area contributed by atoms with Crippen molar-refractivity contribution in [3.63, 3.8) is 0 Å². The highest BCUT2D eigenvalue weighted by atomic mass is 19.1. The number of Topliss-reactive ketones (excluding diaryl/α,β-unsaturated/α-hetero) is 1. The normalized spacial score (nSPS) is 27.8. The molecule has 2 heterocycles. The van der Waals surface area contributed by atoms with E-state index in [-0.39, 0.29) is 11.6 Å². The number of aromatic nitrogens is 3. The maximum Gasteiger partial charge on any atom is 0.223 e. The summed E-state index contributed by atoms with van der Waals surface area (Å²) in [4.78, 5) is 16.1. The van der Waals surface area contributed by atoms with Crippen LogP contribution in [-0.2, 0) is 4.79 Å². The molecule has 0 spiro atoms. The van der Waals surface area contributed by atoms with Crippen LogP contribution < -0.4 is 5.32 Å². The Morgan fingerprint density at radius 1 is 1.43 bits per heavy atom. The molecule has 6 nitrogen and oxygen atoms in total. The second-order valence-electron chi connectivity index (χ2n) is 5.39. The van der Waals surface area contributed by atoms with Gasteiger partial charge in [-0.3, -0.25) is 4.79 Å². The number of anilines is 1. The average Bonchev–Trinajstić information content (AvgIpc) is 2.84. The van der Waals surface area contributed by atoms with Gasteiger partial charge in [0.05, 0.1) is 12.0 Å². The summed E-state index contributed by atoms with van der Waals surface area (Å²) >= 11 is 0. The Bertz CT molecular complexity index is 681. The highest BCUT2D eigenvalue weighted by Gasteiger charge is 2.48. The van der Waals surface area contributed by atoms with E-state index in [1.54, 1.807) is 12.1 Å². The summed E-state index contributed by atoms with van der Waals surface area (Å²) in [6.07, 6.45) is 1.34. The second-order valence-corrected chi connectivity index (χ2v) is 5.39. The van der Waals surface area contributed by atoms with E-state index in [9.17, 15) is 14.3 Å². The Morgan fingerprint density at radius 2 is 2.10 bits per heavy atom. The molecule has 3 rings (SSSR count). The number of ketones is 1. The van der Waals surface area contributed by atoms with Crippen LogP contribution in [0.4, 0.5) is 10.3 Å². The van der Waals surface area contributed by atoms with Crippen molar-refractivity contribution in [1.29, 1.82) is 0 Å². The van der Waals surface area contributed by atoms with Gasteiger partial charge in [0.2, 0.25) is 5.95 Å². The van der Waals surface area contributed by atoms with Gasteiger partial charge in [0.25, 0.3) is 0 Å². The number of fused-ring (bicyclic) bond motifs is 1. The van der Waals surface area contributed by atoms with Gasteiger partial charge in [0, 0.05) is 0 Å². The molecule has 0 aliphatic carbocycles. The third kappa shape index (κ3) is 2.19. The van der Waals surface area contributed by atoms with Gasteiger partial charge in [-0.25, -0.2) is 9.07 Å². The number of benzene rings is 1. The van der Waals surface area contributed by atoms with Crippen LogP contribution in [0.1, 0.15) is 25.5 Å². The summed E-state index contributed by atoms with van der Waals surface area (Å²) in [7, 11) is 0. The molecule has 0 amide bonds. The summed E-state index contributed by atoms with van der Waals surface area (Å²) in [5, 5.41) is 17.5. The van der Waals surface area contributed by atoms with Crippen molar-refractivity contribution in [2.45, 2.75) is 25.6 Å². The van der Waals surface area contributed by atoms with Crippen LogP contribution in [-0.4, -0.2) is 31.4 Å². The zero-order valence-corrected chi connectivity index (χ0v) is 11.6. The SMILES string of the molecule is CC(=O)[C@H]1[C@@H](c2ccc(F)cc2)n2ncnc2N[C@@]1(C)O. The van der Waals surface area contributed by atoms with Crippen LogP contribution >= 0.6 is 0 Å². The average molecular weight is 290 g/mol. The smallest absolute Gasteiger partial charge is 0.223 e. The maximum absolute atomic E-state index is 13.1. The number of hydrogen-bond acceptors (Lipinski definition) is 5. The molecule has 0 radical (unpaired) electrons. The van der Waals surface area contributed by atoms with E-state index >= 15 is 0 Å². The van der Waals surface area contributed by atoms with Gasteiger partial charge in [-0.15, -0.1) is 0 Å². The first-order chi connectivity index (χ1) is 9.90. The molecule has 0 unspecified atom stereocenters. The molecule has 0 saturated heterocycles. The first-order valence-electron chi connectivity index (χ1n) is 6.56. The summed E-state index contributed by atoms with van der Waals surface area (Å²) < 4.78 is 14.7. The number of nitrogens with zero attached hydrogens (tertiary/aromatic N) is 3. The standard InChI is InChI=1S/C14H15FN4O2/c1-8(20)11-12(9-3-5-10(15)6-4-9)19-13(16-7-17-19)18-14(11,2)21/h3-7,11-12,21H,1-2H3,(H,16,17,18)/t11-,12+,14-/m0/s1. The van der Waals surface area contributed by atoms with Crippen LogP contribution in [0.15, 0.2) is 30.6 Å². The summed E-state index contributed by atoms with van der Waals surface area (Å²) in [5.41, 5.74) is -0.779. The van der Waals surface area contributed by atoms with Crippen molar-refractivity contribution in [3.05, 3.63) is 42.0 Å². The van der Waals surface area contributed by atoms with E-state index in [0.29, 0.717) is 11.5 Å². The Morgan fingerprint density at radius 3 is 2.71 bits per heavy atom. The van der Waals surface area contributed by atoms with Crippen LogP contribution in [0.25, 0.3) is 0 Å². The van der Waals surface area contributed by atoms with Crippen molar-refractivity contribution in [3.8, 4) is 0 Å². The fourth-order valence-electron chi connectivity index (χ4n) is 2.91. The van der Waals surface area contributed by atoms with Gasteiger partial charge in [0.1, 0.15) is 23.7 Å². The number of carbonyl (C=O) groups is 1. The highest BCUT2D eigenvalue weighted by molar-refractivity contribution is 5.81. The van der Waals surface area contributed by atoms with Gasteiger partial charge in [-0.05, 0) is 31.5 Å². The maximum atomic E-state index is 13.1. The zero-order chi connectivity index (χ0) is 15.2. The molecule has 2 aromatic rings. The van der Waals surface area contributed by atoms with E-state index in [1.165, 1.54) is 37.0 Å². The molecule has 1 aromatic heterocycles. The fourth-order valence-corrected chi connectivity index (χ4v) is 2.91. The van der Waals surface area contributed by atoms with Crippen molar-refractivity contribution < 1.29 is 14.3 Å². The lowest BCUT2D eigenvalue weighted by molar-refractivity contribution is -0.130. The second kappa shape index (κ2) is 4.63. The predicted molar refractivity (Wildman–Crippen MR) is 73.0 cm³/mol. The number of halogens is 1. The minimum absolute atomic E-state index is 0.192. The molecule has 0 saturated carbocycles. The van der Waals surface area contributed by atoms with Crippen molar-refractivity contribution in [1.82, 2.24) is 14.8 Å². The Labute approximate surface area is 120 Å². The lowest BCUT2D eigenvalue weighted by Crippen LogP contribution is -2.54. The first-order valence-corrected chi connectivity index (χ1v) is 6.56. The minimum atomic E-state index is -1.46. The van der Waals surface area contributed by atoms with Gasteiger partial charge >= 0.3 is 0 Å². The van der Waals surface area contributed by atoms with Gasteiger partial charge in [-0.2, -0.15) is 10.1 Å². The molecule has 2 N–H and O–H groups in total. The van der Waals surface area contributed by atoms with Crippen molar-refractivity contribution in [2.75, 3.05) is 5.32 Å². The molecular formula is C14H15FN4O2. The predicted octanol–water partition coefficient (Wildman–Crippen LogP) is 1.35. The minimum Gasteiger partial charge on any atom is -0.370 e. The largest absolute Gasteiger partial charge is 0.370 e. The summed E-state index contributed by atoms with van der Waals surface area (Å²) in [6, 6.07) is 5.27. The molecule has 21 heavy (non-hydrogen) atoms. The Hall–Kier alpha value is -2.28. The topological polar surface area (TPSA) is 80.0 Å². The lowest BCUT2D eigenvalue weighted by Gasteiger charge is -2.42. The van der Waals surface area contributed by atoms with Crippen molar-refractivity contribution >= 4 is 11.7 Å². The number of carbonyl (C=O) groups excluding carboxylic acids is 1. The van der Waals surface area contributed by atoms with E-state index < -0.39 is 17.7 Å². The highest BCUT2D eigenvalue weighted by Crippen LogP contribution is 2.40. The molecule has 1 aliphatic heterocycles. The Kier molecular flexibility index (Phi) is 3.02. The monoisotopic (exact) mass is 290 g/mol. The summed E-state index contributed by atoms with van der Waals surface area (Å²) in [5.74, 6) is -0.954. The molecule has 0 bridgehead atoms. The molecule has 7 heteroatoms. The molecule has 1 aliphatic rings. The summed E-state index contributed by atoms with van der Waals surface area (Å²) in [6.45, 7) is 2.94. The molecule has 110 valence electrons. The van der Waals surface area contributed by atoms with Crippen molar-refractivity contribution in [2.24, 2.45) is 5.92 Å². The third-order valence-electron chi connectivity index (χ3n) is 3.77. The molecule has 1 aromatic carbocycles. The van der Waals surface area contributed by atoms with Crippen LogP contribution in [0.3, 0.4) is 0 Å². The third-order valence-corrected chi connectivity index (χ3v) is 3.77. The number of aliphatic hydroxyl groups is 1. The molecular weight excluding hydrogens is 275 g/mol. The fraction of sp³-hybridized carbons (Fsp3) is 0.357. The molecule has 0 fully saturated rings. The van der Waals surface area contributed by atoms with Crippen LogP contribution in [0.5, 0.6) is 0 Å². The van der Waals surface area contributed by atoms with E-state index in [4.69, 9.17) is 0 Å². The number of hydrogen-bond donors (Lipinski definition) is 2. The molecule has 3 atom stereocenters. The van der Waals surface area contributed by atoms with E-state index in [2.05, 4.69) is 15.4 Å². The van der Waals surface area contributed by atoms with Gasteiger partial charge < -0.3 is 10.4 Å². The van der Waals surface area contributed by atoms with E-state index in [1.807, 2.05) is 0 Å². The number of rotatable bonds is 2. The van der Waals surface area contributed by atoms with Crippen LogP contribution in [0, 0.1) is 11.7 Å². The van der Waals surface area contributed by atoms with Gasteiger partial charge in [-0.1, -0.05) is 12.1 Å². The lowest BCUT2D eigenvalue weighted by atomic mass is 9.81. The zero-order valence-electron chi connectivity index (χ0n) is 11.6. The Balaban J connectivity index is 2.18. The van der Waals surface area contributed by atoms with E-state index in [0.717, 1.165) is 0 Å².